The minimum atomic E-state index is -0.217. The van der Waals surface area contributed by atoms with Gasteiger partial charge in [0.05, 0.1) is 13.0 Å². The van der Waals surface area contributed by atoms with Crippen LogP contribution in [0.3, 0.4) is 0 Å². The number of hydrogen-bond donors (Lipinski definition) is 0. The lowest BCUT2D eigenvalue weighted by Gasteiger charge is -2.17. The largest absolute Gasteiger partial charge is 0.466 e. The Morgan fingerprint density at radius 2 is 1.88 bits per heavy atom. The van der Waals surface area contributed by atoms with Crippen LogP contribution in [0.1, 0.15) is 63.4 Å². The molecule has 0 aromatic heterocycles. The zero-order valence-electron chi connectivity index (χ0n) is 15.1. The summed E-state index contributed by atoms with van der Waals surface area (Å²) in [5.41, 5.74) is 1.78. The molecule has 0 aliphatic heterocycles. The van der Waals surface area contributed by atoms with Crippen LogP contribution in [0.25, 0.3) is 0 Å². The number of allylic oxidation sites excluding steroid dienone is 4. The molecule has 0 fully saturated rings. The van der Waals surface area contributed by atoms with Crippen LogP contribution in [-0.4, -0.2) is 18.4 Å². The molecular formula is C22H28O3. The Labute approximate surface area is 150 Å². The maximum atomic E-state index is 12.6. The molecule has 2 rings (SSSR count). The SMILES string of the molecule is CCCCCOC(=O)CC(CC(=O)C1=CCCC=C1)c1ccccc1. The third-order valence-corrected chi connectivity index (χ3v) is 4.44. The van der Waals surface area contributed by atoms with Crippen LogP contribution < -0.4 is 0 Å². The molecule has 0 saturated carbocycles. The van der Waals surface area contributed by atoms with E-state index >= 15 is 0 Å². The van der Waals surface area contributed by atoms with E-state index in [4.69, 9.17) is 4.74 Å². The predicted molar refractivity (Wildman–Crippen MR) is 100 cm³/mol. The highest BCUT2D eigenvalue weighted by Gasteiger charge is 2.22. The number of unbranched alkanes of at least 4 members (excludes halogenated alkanes) is 2. The Morgan fingerprint density at radius 1 is 1.08 bits per heavy atom. The quantitative estimate of drug-likeness (QED) is 0.438. The number of carbonyl (C=O) groups is 2. The third kappa shape index (κ3) is 6.69. The van der Waals surface area contributed by atoms with E-state index in [0.717, 1.165) is 43.2 Å². The highest BCUT2D eigenvalue weighted by atomic mass is 16.5. The number of carbonyl (C=O) groups excluding carboxylic acids is 2. The first kappa shape index (κ1) is 19.2. The minimum absolute atomic E-state index is 0.101. The van der Waals surface area contributed by atoms with Crippen molar-refractivity contribution in [2.24, 2.45) is 0 Å². The van der Waals surface area contributed by atoms with E-state index in [2.05, 4.69) is 6.92 Å². The van der Waals surface area contributed by atoms with Crippen LogP contribution in [0.2, 0.25) is 0 Å². The summed E-state index contributed by atoms with van der Waals surface area (Å²) in [5, 5.41) is 0. The minimum Gasteiger partial charge on any atom is -0.466 e. The summed E-state index contributed by atoms with van der Waals surface area (Å²) in [5.74, 6) is -0.252. The first-order chi connectivity index (χ1) is 12.2. The lowest BCUT2D eigenvalue weighted by atomic mass is 9.88. The van der Waals surface area contributed by atoms with Gasteiger partial charge < -0.3 is 4.74 Å². The predicted octanol–water partition coefficient (Wildman–Crippen LogP) is 5.13. The molecule has 0 bridgehead atoms. The summed E-state index contributed by atoms with van der Waals surface area (Å²) < 4.78 is 5.34. The van der Waals surface area contributed by atoms with Crippen molar-refractivity contribution in [3.8, 4) is 0 Å². The maximum absolute atomic E-state index is 12.6. The van der Waals surface area contributed by atoms with Gasteiger partial charge in [-0.05, 0) is 24.8 Å². The molecule has 0 N–H and O–H groups in total. The molecular weight excluding hydrogens is 312 g/mol. The van der Waals surface area contributed by atoms with Crippen molar-refractivity contribution in [3.63, 3.8) is 0 Å². The molecule has 1 atom stereocenters. The molecule has 1 aromatic carbocycles. The van der Waals surface area contributed by atoms with Crippen molar-refractivity contribution in [3.05, 3.63) is 59.7 Å². The van der Waals surface area contributed by atoms with E-state index in [9.17, 15) is 9.59 Å². The number of esters is 1. The fraction of sp³-hybridized carbons (Fsp3) is 0.455. The standard InChI is InChI=1S/C22H28O3/c1-2-3-10-15-25-22(24)17-20(18-11-6-4-7-12-18)16-21(23)19-13-8-5-9-14-19/h4,6-8,11-14,20H,2-3,5,9-10,15-17H2,1H3. The average molecular weight is 340 g/mol. The number of ketones is 1. The van der Waals surface area contributed by atoms with Crippen LogP contribution in [-0.2, 0) is 14.3 Å². The first-order valence-electron chi connectivity index (χ1n) is 9.31. The highest BCUT2D eigenvalue weighted by molar-refractivity contribution is 5.98. The molecule has 0 amide bonds. The van der Waals surface area contributed by atoms with E-state index in [1.807, 2.05) is 48.6 Å². The van der Waals surface area contributed by atoms with Crippen LogP contribution in [0, 0.1) is 0 Å². The second kappa shape index (κ2) is 10.7. The van der Waals surface area contributed by atoms with Gasteiger partial charge in [0.15, 0.2) is 5.78 Å². The van der Waals surface area contributed by atoms with Gasteiger partial charge in [-0.3, -0.25) is 9.59 Å². The van der Waals surface area contributed by atoms with Gasteiger partial charge in [0, 0.05) is 17.9 Å². The van der Waals surface area contributed by atoms with Crippen LogP contribution in [0.4, 0.5) is 0 Å². The van der Waals surface area contributed by atoms with E-state index in [0.29, 0.717) is 13.0 Å². The highest BCUT2D eigenvalue weighted by Crippen LogP contribution is 2.26. The first-order valence-corrected chi connectivity index (χ1v) is 9.31. The zero-order valence-corrected chi connectivity index (χ0v) is 15.1. The van der Waals surface area contributed by atoms with Crippen molar-refractivity contribution in [1.82, 2.24) is 0 Å². The van der Waals surface area contributed by atoms with Crippen LogP contribution in [0.5, 0.6) is 0 Å². The lowest BCUT2D eigenvalue weighted by molar-refractivity contribution is -0.144. The lowest BCUT2D eigenvalue weighted by Crippen LogP contribution is -2.15. The second-order valence-electron chi connectivity index (χ2n) is 6.51. The van der Waals surface area contributed by atoms with E-state index in [1.165, 1.54) is 0 Å². The molecule has 3 nitrogen and oxygen atoms in total. The summed E-state index contributed by atoms with van der Waals surface area (Å²) >= 11 is 0. The monoisotopic (exact) mass is 340 g/mol. The smallest absolute Gasteiger partial charge is 0.306 e. The number of rotatable bonds is 10. The van der Waals surface area contributed by atoms with E-state index in [-0.39, 0.29) is 24.1 Å². The third-order valence-electron chi connectivity index (χ3n) is 4.44. The molecule has 1 aliphatic carbocycles. The van der Waals surface area contributed by atoms with Crippen molar-refractivity contribution in [2.45, 2.75) is 57.8 Å². The van der Waals surface area contributed by atoms with Gasteiger partial charge in [-0.25, -0.2) is 0 Å². The fourth-order valence-electron chi connectivity index (χ4n) is 2.99. The molecule has 0 saturated heterocycles. The van der Waals surface area contributed by atoms with Gasteiger partial charge >= 0.3 is 5.97 Å². The van der Waals surface area contributed by atoms with Crippen molar-refractivity contribution < 1.29 is 14.3 Å². The summed E-state index contributed by atoms with van der Waals surface area (Å²) in [4.78, 5) is 24.8. The topological polar surface area (TPSA) is 43.4 Å². The molecule has 0 radical (unpaired) electrons. The van der Waals surface area contributed by atoms with Gasteiger partial charge in [-0.2, -0.15) is 0 Å². The summed E-state index contributed by atoms with van der Waals surface area (Å²) in [7, 11) is 0. The number of ether oxygens (including phenoxy) is 1. The summed E-state index contributed by atoms with van der Waals surface area (Å²) in [6, 6.07) is 9.79. The Hall–Kier alpha value is -2.16. The Bertz CT molecular complexity index is 613. The van der Waals surface area contributed by atoms with Gasteiger partial charge in [0.2, 0.25) is 0 Å². The number of benzene rings is 1. The molecule has 1 aliphatic rings. The van der Waals surface area contributed by atoms with E-state index < -0.39 is 0 Å². The maximum Gasteiger partial charge on any atom is 0.306 e. The fourth-order valence-corrected chi connectivity index (χ4v) is 2.99. The number of hydrogen-bond acceptors (Lipinski definition) is 3. The van der Waals surface area contributed by atoms with Gasteiger partial charge in [-0.15, -0.1) is 0 Å². The van der Waals surface area contributed by atoms with Crippen molar-refractivity contribution in [2.75, 3.05) is 6.61 Å². The number of Topliss-reactive ketones (excluding diaryl/α,β-unsaturated/α-hetero) is 1. The second-order valence-corrected chi connectivity index (χ2v) is 6.51. The zero-order chi connectivity index (χ0) is 17.9. The molecule has 3 heteroatoms. The normalized spacial score (nSPS) is 14.7. The average Bonchev–Trinajstić information content (AvgIpc) is 2.66. The van der Waals surface area contributed by atoms with Crippen LogP contribution >= 0.6 is 0 Å². The van der Waals surface area contributed by atoms with Crippen molar-refractivity contribution >= 4 is 11.8 Å². The van der Waals surface area contributed by atoms with E-state index in [1.54, 1.807) is 0 Å². The molecule has 1 unspecified atom stereocenters. The van der Waals surface area contributed by atoms with Gasteiger partial charge in [-0.1, -0.05) is 68.3 Å². The van der Waals surface area contributed by atoms with Crippen LogP contribution in [0.15, 0.2) is 54.1 Å². The molecule has 0 heterocycles. The Morgan fingerprint density at radius 3 is 2.56 bits per heavy atom. The molecule has 25 heavy (non-hydrogen) atoms. The Kier molecular flexibility index (Phi) is 8.17. The van der Waals surface area contributed by atoms with Crippen molar-refractivity contribution in [1.29, 1.82) is 0 Å². The van der Waals surface area contributed by atoms with Gasteiger partial charge in [0.1, 0.15) is 0 Å². The Balaban J connectivity index is 1.98. The summed E-state index contributed by atoms with van der Waals surface area (Å²) in [6.45, 7) is 2.59. The van der Waals surface area contributed by atoms with Gasteiger partial charge in [0.25, 0.3) is 0 Å². The molecule has 1 aromatic rings. The molecule has 134 valence electrons. The molecule has 0 spiro atoms. The summed E-state index contributed by atoms with van der Waals surface area (Å²) in [6.07, 6.45) is 11.5.